The van der Waals surface area contributed by atoms with Crippen molar-refractivity contribution in [2.45, 2.75) is 56.5 Å². The summed E-state index contributed by atoms with van der Waals surface area (Å²) in [7, 11) is 0. The molecule has 30 heavy (non-hydrogen) atoms. The minimum atomic E-state index is -0.197. The first-order valence-corrected chi connectivity index (χ1v) is 10.7. The van der Waals surface area contributed by atoms with E-state index in [9.17, 15) is 10.1 Å². The number of benzene rings is 1. The first-order valence-electron chi connectivity index (χ1n) is 10.7. The van der Waals surface area contributed by atoms with Crippen LogP contribution < -0.4 is 16.6 Å². The molecule has 2 aromatic heterocycles. The molecule has 0 spiro atoms. The number of nitriles is 1. The summed E-state index contributed by atoms with van der Waals surface area (Å²) in [4.78, 5) is 15.4. The second-order valence-electron chi connectivity index (χ2n) is 8.66. The topological polar surface area (TPSA) is 113 Å². The molecule has 0 unspecified atom stereocenters. The van der Waals surface area contributed by atoms with Gasteiger partial charge in [-0.05, 0) is 55.9 Å². The smallest absolute Gasteiger partial charge is 0.261 e. The maximum Gasteiger partial charge on any atom is 0.261 e. The number of aromatic nitrogens is 3. The van der Waals surface area contributed by atoms with Gasteiger partial charge in [-0.25, -0.2) is 0 Å². The molecule has 2 aliphatic rings. The van der Waals surface area contributed by atoms with E-state index in [1.165, 1.54) is 6.42 Å². The van der Waals surface area contributed by atoms with Crippen LogP contribution in [-0.2, 0) is 5.54 Å². The van der Waals surface area contributed by atoms with Crippen molar-refractivity contribution in [1.82, 2.24) is 14.8 Å². The quantitative estimate of drug-likeness (QED) is 0.609. The SMILES string of the molecule is N#C[C@H]1CCCC[C@@H]1n1nc(Nc2ccc(C3(N)CCC3)cc2)c2c(=O)[nH]ccc21. The van der Waals surface area contributed by atoms with E-state index in [4.69, 9.17) is 10.8 Å². The molecule has 0 radical (unpaired) electrons. The summed E-state index contributed by atoms with van der Waals surface area (Å²) in [6.07, 6.45) is 8.76. The van der Waals surface area contributed by atoms with Crippen LogP contribution in [0.3, 0.4) is 0 Å². The summed E-state index contributed by atoms with van der Waals surface area (Å²) < 4.78 is 1.89. The Balaban J connectivity index is 1.52. The highest BCUT2D eigenvalue weighted by atomic mass is 16.1. The molecule has 2 saturated carbocycles. The number of nitrogens with one attached hydrogen (secondary N) is 2. The summed E-state index contributed by atoms with van der Waals surface area (Å²) in [5.41, 5.74) is 8.81. The van der Waals surface area contributed by atoms with Crippen LogP contribution >= 0.6 is 0 Å². The molecule has 1 aromatic carbocycles. The van der Waals surface area contributed by atoms with Gasteiger partial charge in [-0.3, -0.25) is 9.48 Å². The Bertz CT molecular complexity index is 1170. The van der Waals surface area contributed by atoms with Gasteiger partial charge in [0.05, 0.1) is 23.5 Å². The van der Waals surface area contributed by atoms with Crippen molar-refractivity contribution in [3.63, 3.8) is 0 Å². The molecule has 7 nitrogen and oxygen atoms in total. The number of pyridine rings is 1. The van der Waals surface area contributed by atoms with Gasteiger partial charge in [0, 0.05) is 17.4 Å². The predicted octanol–water partition coefficient (Wildman–Crippen LogP) is 4.06. The van der Waals surface area contributed by atoms with E-state index in [0.717, 1.165) is 55.3 Å². The Morgan fingerprint density at radius 3 is 2.63 bits per heavy atom. The highest BCUT2D eigenvalue weighted by molar-refractivity contribution is 5.91. The van der Waals surface area contributed by atoms with E-state index >= 15 is 0 Å². The van der Waals surface area contributed by atoms with Gasteiger partial charge in [-0.1, -0.05) is 25.0 Å². The number of H-pyrrole nitrogens is 1. The Morgan fingerprint density at radius 2 is 1.93 bits per heavy atom. The van der Waals surface area contributed by atoms with Crippen molar-refractivity contribution in [3.05, 3.63) is 52.4 Å². The summed E-state index contributed by atoms with van der Waals surface area (Å²) in [5.74, 6) is 0.435. The average molecular weight is 403 g/mol. The van der Waals surface area contributed by atoms with Gasteiger partial charge in [0.1, 0.15) is 5.39 Å². The lowest BCUT2D eigenvalue weighted by Gasteiger charge is -2.38. The summed E-state index contributed by atoms with van der Waals surface area (Å²) in [6, 6.07) is 12.4. The maximum atomic E-state index is 12.6. The zero-order valence-corrected chi connectivity index (χ0v) is 16.9. The largest absolute Gasteiger partial charge is 0.338 e. The number of hydrogen-bond donors (Lipinski definition) is 3. The lowest BCUT2D eigenvalue weighted by Crippen LogP contribution is -2.43. The summed E-state index contributed by atoms with van der Waals surface area (Å²) in [5, 5.41) is 18.2. The van der Waals surface area contributed by atoms with Gasteiger partial charge in [0.2, 0.25) is 0 Å². The van der Waals surface area contributed by atoms with Crippen LogP contribution in [0.25, 0.3) is 10.9 Å². The van der Waals surface area contributed by atoms with Gasteiger partial charge in [0.25, 0.3) is 5.56 Å². The number of rotatable bonds is 4. The highest BCUT2D eigenvalue weighted by Gasteiger charge is 2.34. The van der Waals surface area contributed by atoms with Gasteiger partial charge in [-0.2, -0.15) is 10.4 Å². The number of hydrogen-bond acceptors (Lipinski definition) is 5. The van der Waals surface area contributed by atoms with E-state index < -0.39 is 0 Å². The van der Waals surface area contributed by atoms with Crippen LogP contribution in [0.5, 0.6) is 0 Å². The third kappa shape index (κ3) is 3.08. The number of anilines is 2. The Labute approximate surface area is 174 Å². The summed E-state index contributed by atoms with van der Waals surface area (Å²) >= 11 is 0. The fourth-order valence-electron chi connectivity index (χ4n) is 4.86. The van der Waals surface area contributed by atoms with Gasteiger partial charge >= 0.3 is 0 Å². The average Bonchev–Trinajstić information content (AvgIpc) is 3.12. The number of fused-ring (bicyclic) bond motifs is 1. The van der Waals surface area contributed by atoms with Crippen LogP contribution in [0.1, 0.15) is 56.6 Å². The lowest BCUT2D eigenvalue weighted by molar-refractivity contribution is 0.253. The Hall–Kier alpha value is -3.11. The van der Waals surface area contributed by atoms with Crippen molar-refractivity contribution < 1.29 is 0 Å². The fourth-order valence-corrected chi connectivity index (χ4v) is 4.86. The minimum Gasteiger partial charge on any atom is -0.338 e. The van der Waals surface area contributed by atoms with Crippen molar-refractivity contribution in [3.8, 4) is 6.07 Å². The second-order valence-corrected chi connectivity index (χ2v) is 8.66. The molecule has 4 N–H and O–H groups in total. The van der Waals surface area contributed by atoms with E-state index in [0.29, 0.717) is 11.2 Å². The zero-order valence-electron chi connectivity index (χ0n) is 16.9. The normalized spacial score (nSPS) is 22.9. The van der Waals surface area contributed by atoms with Crippen molar-refractivity contribution in [2.24, 2.45) is 11.7 Å². The molecule has 0 saturated heterocycles. The van der Waals surface area contributed by atoms with Gasteiger partial charge in [0.15, 0.2) is 5.82 Å². The minimum absolute atomic E-state index is 0.0123. The van der Waals surface area contributed by atoms with Crippen LogP contribution in [-0.4, -0.2) is 14.8 Å². The molecule has 2 atom stereocenters. The van der Waals surface area contributed by atoms with Gasteiger partial charge < -0.3 is 16.0 Å². The molecular weight excluding hydrogens is 376 g/mol. The Morgan fingerprint density at radius 1 is 1.17 bits per heavy atom. The molecule has 0 bridgehead atoms. The van der Waals surface area contributed by atoms with Crippen molar-refractivity contribution >= 4 is 22.4 Å². The maximum absolute atomic E-state index is 12.6. The standard InChI is InChI=1S/C23H26N6O/c24-14-15-4-1-2-5-18(15)29-19-10-13-26-22(30)20(19)21(28-29)27-17-8-6-16(7-9-17)23(25)11-3-12-23/h6-10,13,15,18H,1-5,11-12,25H2,(H,26,30)(H,27,28)/t15-,18+/m1/s1. The monoisotopic (exact) mass is 402 g/mol. The van der Waals surface area contributed by atoms with E-state index in [-0.39, 0.29) is 23.1 Å². The molecule has 2 fully saturated rings. The van der Waals surface area contributed by atoms with Crippen LogP contribution in [0.2, 0.25) is 0 Å². The molecule has 5 rings (SSSR count). The predicted molar refractivity (Wildman–Crippen MR) is 116 cm³/mol. The van der Waals surface area contributed by atoms with E-state index in [1.807, 2.05) is 22.9 Å². The van der Waals surface area contributed by atoms with Crippen LogP contribution in [0, 0.1) is 17.2 Å². The molecule has 0 amide bonds. The molecule has 154 valence electrons. The molecule has 7 heteroatoms. The fraction of sp³-hybridized carbons (Fsp3) is 0.435. The van der Waals surface area contributed by atoms with E-state index in [1.54, 1.807) is 6.20 Å². The zero-order chi connectivity index (χ0) is 20.7. The van der Waals surface area contributed by atoms with Crippen LogP contribution in [0.15, 0.2) is 41.3 Å². The Kier molecular flexibility index (Phi) is 4.59. The molecule has 3 aromatic rings. The first-order chi connectivity index (χ1) is 14.6. The molecule has 0 aliphatic heterocycles. The number of aromatic amines is 1. The first kappa shape index (κ1) is 18.9. The van der Waals surface area contributed by atoms with Gasteiger partial charge in [-0.15, -0.1) is 0 Å². The van der Waals surface area contributed by atoms with Crippen molar-refractivity contribution in [2.75, 3.05) is 5.32 Å². The number of nitrogens with zero attached hydrogens (tertiary/aromatic N) is 3. The lowest BCUT2D eigenvalue weighted by atomic mass is 9.73. The van der Waals surface area contributed by atoms with E-state index in [2.05, 4.69) is 28.5 Å². The van der Waals surface area contributed by atoms with Crippen molar-refractivity contribution in [1.29, 1.82) is 5.26 Å². The highest BCUT2D eigenvalue weighted by Crippen LogP contribution is 2.39. The second kappa shape index (κ2) is 7.29. The third-order valence-corrected chi connectivity index (χ3v) is 6.81. The van der Waals surface area contributed by atoms with Crippen LogP contribution in [0.4, 0.5) is 11.5 Å². The summed E-state index contributed by atoms with van der Waals surface area (Å²) in [6.45, 7) is 0. The molecule has 2 aliphatic carbocycles. The molecular formula is C23H26N6O. The number of nitrogens with two attached hydrogens (primary N) is 1. The third-order valence-electron chi connectivity index (χ3n) is 6.81. The molecule has 2 heterocycles.